The first-order valence-electron chi connectivity index (χ1n) is 3.47. The molecular formula is C5H12F2N2O2S. The lowest BCUT2D eigenvalue weighted by Crippen LogP contribution is -2.30. The summed E-state index contributed by atoms with van der Waals surface area (Å²) in [6.45, 7) is 0.445. The molecule has 7 heteroatoms. The minimum atomic E-state index is -4.40. The van der Waals surface area contributed by atoms with Crippen LogP contribution in [0.2, 0.25) is 0 Å². The van der Waals surface area contributed by atoms with E-state index in [0.717, 1.165) is 0 Å². The molecule has 0 radical (unpaired) electrons. The van der Waals surface area contributed by atoms with Crippen LogP contribution in [0.1, 0.15) is 12.8 Å². The zero-order chi connectivity index (χ0) is 9.61. The van der Waals surface area contributed by atoms with Gasteiger partial charge in [0.1, 0.15) is 0 Å². The van der Waals surface area contributed by atoms with Crippen LogP contribution in [0.5, 0.6) is 0 Å². The molecule has 0 aliphatic heterocycles. The van der Waals surface area contributed by atoms with Gasteiger partial charge in [0.15, 0.2) is 0 Å². The van der Waals surface area contributed by atoms with Gasteiger partial charge in [0, 0.05) is 6.54 Å². The fourth-order valence-electron chi connectivity index (χ4n) is 0.547. The smallest absolute Gasteiger partial charge is 0.330 e. The average Bonchev–Trinajstić information content (AvgIpc) is 1.98. The molecule has 0 unspecified atom stereocenters. The van der Waals surface area contributed by atoms with Crippen molar-refractivity contribution in [3.63, 3.8) is 0 Å². The molecule has 74 valence electrons. The second kappa shape index (κ2) is 5.39. The number of halogens is 2. The predicted octanol–water partition coefficient (Wildman–Crippen LogP) is -0.133. The van der Waals surface area contributed by atoms with Gasteiger partial charge in [0.05, 0.1) is 0 Å². The molecule has 0 amide bonds. The van der Waals surface area contributed by atoms with Crippen molar-refractivity contribution in [2.24, 2.45) is 5.73 Å². The Morgan fingerprint density at radius 2 is 1.92 bits per heavy atom. The van der Waals surface area contributed by atoms with Gasteiger partial charge in [-0.05, 0) is 19.4 Å². The van der Waals surface area contributed by atoms with Gasteiger partial charge in [-0.2, -0.15) is 8.78 Å². The fourth-order valence-corrected chi connectivity index (χ4v) is 1.10. The number of hydrogen-bond acceptors (Lipinski definition) is 3. The molecule has 0 saturated carbocycles. The van der Waals surface area contributed by atoms with E-state index >= 15 is 0 Å². The maximum atomic E-state index is 11.6. The molecule has 3 N–H and O–H groups in total. The number of unbranched alkanes of at least 4 members (excludes halogenated alkanes) is 1. The van der Waals surface area contributed by atoms with E-state index in [1.807, 2.05) is 0 Å². The topological polar surface area (TPSA) is 72.2 Å². The number of hydrogen-bond donors (Lipinski definition) is 2. The molecule has 0 aliphatic rings. The van der Waals surface area contributed by atoms with Crippen molar-refractivity contribution in [3.8, 4) is 0 Å². The molecule has 0 atom stereocenters. The first kappa shape index (κ1) is 11.7. The molecule has 4 nitrogen and oxygen atoms in total. The van der Waals surface area contributed by atoms with Crippen LogP contribution in [0.3, 0.4) is 0 Å². The van der Waals surface area contributed by atoms with E-state index in [4.69, 9.17) is 5.73 Å². The third-order valence-electron chi connectivity index (χ3n) is 1.17. The SMILES string of the molecule is NCCCCNS(=O)(=O)C(F)F. The Hall–Kier alpha value is -0.270. The molecule has 0 aliphatic carbocycles. The Bertz CT molecular complexity index is 205. The summed E-state index contributed by atoms with van der Waals surface area (Å²) in [4.78, 5) is 0. The maximum Gasteiger partial charge on any atom is 0.350 e. The summed E-state index contributed by atoms with van der Waals surface area (Å²) in [7, 11) is -4.40. The molecule has 0 saturated heterocycles. The van der Waals surface area contributed by atoms with Gasteiger partial charge in [0.2, 0.25) is 0 Å². The molecule has 0 aromatic heterocycles. The van der Waals surface area contributed by atoms with Crippen molar-refractivity contribution in [2.75, 3.05) is 13.1 Å². The number of nitrogens with two attached hydrogens (primary N) is 1. The lowest BCUT2D eigenvalue weighted by Gasteiger charge is -2.03. The van der Waals surface area contributed by atoms with Crippen LogP contribution in [0, 0.1) is 0 Å². The monoisotopic (exact) mass is 202 g/mol. The van der Waals surface area contributed by atoms with E-state index < -0.39 is 15.8 Å². The molecule has 0 spiro atoms. The molecule has 0 fully saturated rings. The molecule has 0 aromatic rings. The first-order valence-corrected chi connectivity index (χ1v) is 5.02. The lowest BCUT2D eigenvalue weighted by atomic mass is 10.3. The van der Waals surface area contributed by atoms with Gasteiger partial charge in [0.25, 0.3) is 10.0 Å². The van der Waals surface area contributed by atoms with Crippen LogP contribution >= 0.6 is 0 Å². The van der Waals surface area contributed by atoms with Crippen molar-refractivity contribution in [3.05, 3.63) is 0 Å². The van der Waals surface area contributed by atoms with Gasteiger partial charge >= 0.3 is 5.76 Å². The van der Waals surface area contributed by atoms with Crippen molar-refractivity contribution in [1.82, 2.24) is 4.72 Å². The van der Waals surface area contributed by atoms with Crippen molar-refractivity contribution in [1.29, 1.82) is 0 Å². The summed E-state index contributed by atoms with van der Waals surface area (Å²) in [6, 6.07) is 0. The summed E-state index contributed by atoms with van der Waals surface area (Å²) in [6.07, 6.45) is 1.09. The minimum Gasteiger partial charge on any atom is -0.330 e. The van der Waals surface area contributed by atoms with Crippen LogP contribution in [-0.4, -0.2) is 27.3 Å². The maximum absolute atomic E-state index is 11.6. The second-order valence-electron chi connectivity index (χ2n) is 2.20. The van der Waals surface area contributed by atoms with Gasteiger partial charge in [-0.3, -0.25) is 0 Å². The number of rotatable bonds is 6. The van der Waals surface area contributed by atoms with Crippen LogP contribution in [0.4, 0.5) is 8.78 Å². The highest BCUT2D eigenvalue weighted by molar-refractivity contribution is 7.89. The van der Waals surface area contributed by atoms with Gasteiger partial charge < -0.3 is 5.73 Å². The predicted molar refractivity (Wildman–Crippen MR) is 41.2 cm³/mol. The fraction of sp³-hybridized carbons (Fsp3) is 1.00. The van der Waals surface area contributed by atoms with E-state index in [9.17, 15) is 17.2 Å². The molecule has 0 rings (SSSR count). The summed E-state index contributed by atoms with van der Waals surface area (Å²) >= 11 is 0. The third-order valence-corrected chi connectivity index (χ3v) is 2.24. The second-order valence-corrected chi connectivity index (χ2v) is 3.93. The lowest BCUT2D eigenvalue weighted by molar-refractivity contribution is 0.232. The first-order chi connectivity index (χ1) is 5.50. The highest BCUT2D eigenvalue weighted by Gasteiger charge is 2.22. The number of nitrogens with one attached hydrogen (secondary N) is 1. The van der Waals surface area contributed by atoms with Crippen LogP contribution < -0.4 is 10.5 Å². The molecular weight excluding hydrogens is 190 g/mol. The van der Waals surface area contributed by atoms with E-state index in [-0.39, 0.29) is 6.54 Å². The highest BCUT2D eigenvalue weighted by atomic mass is 32.2. The van der Waals surface area contributed by atoms with Crippen molar-refractivity contribution in [2.45, 2.75) is 18.6 Å². The third kappa shape index (κ3) is 4.58. The van der Waals surface area contributed by atoms with Gasteiger partial charge in [-0.15, -0.1) is 0 Å². The molecule has 0 heterocycles. The van der Waals surface area contributed by atoms with Crippen LogP contribution in [0.15, 0.2) is 0 Å². The normalized spacial score (nSPS) is 12.3. The standard InChI is InChI=1S/C5H12F2N2O2S/c6-5(7)12(10,11)9-4-2-1-3-8/h5,9H,1-4,8H2. The van der Waals surface area contributed by atoms with Crippen LogP contribution in [0.25, 0.3) is 0 Å². The van der Waals surface area contributed by atoms with E-state index in [1.165, 1.54) is 0 Å². The average molecular weight is 202 g/mol. The number of alkyl halides is 2. The van der Waals surface area contributed by atoms with Crippen molar-refractivity contribution < 1.29 is 17.2 Å². The van der Waals surface area contributed by atoms with Gasteiger partial charge in [-0.1, -0.05) is 0 Å². The molecule has 0 aromatic carbocycles. The summed E-state index contributed by atoms with van der Waals surface area (Å²) in [5, 5.41) is 0. The zero-order valence-electron chi connectivity index (χ0n) is 6.46. The van der Waals surface area contributed by atoms with Gasteiger partial charge in [-0.25, -0.2) is 13.1 Å². The Morgan fingerprint density at radius 3 is 2.33 bits per heavy atom. The molecule has 0 bridgehead atoms. The quantitative estimate of drug-likeness (QED) is 0.589. The summed E-state index contributed by atoms with van der Waals surface area (Å²) < 4.78 is 45.9. The highest BCUT2D eigenvalue weighted by Crippen LogP contribution is 2.01. The Morgan fingerprint density at radius 1 is 1.33 bits per heavy atom. The van der Waals surface area contributed by atoms with Crippen molar-refractivity contribution >= 4 is 10.0 Å². The Kier molecular flexibility index (Phi) is 5.27. The summed E-state index contributed by atoms with van der Waals surface area (Å²) in [5.74, 6) is -3.35. The Balaban J connectivity index is 3.63. The minimum absolute atomic E-state index is 0.0177. The number of sulfonamides is 1. The zero-order valence-corrected chi connectivity index (χ0v) is 7.28. The van der Waals surface area contributed by atoms with E-state index in [1.54, 1.807) is 4.72 Å². The Labute approximate surface area is 70.2 Å². The summed E-state index contributed by atoms with van der Waals surface area (Å²) in [5.41, 5.74) is 5.11. The van der Waals surface area contributed by atoms with Crippen LogP contribution in [-0.2, 0) is 10.0 Å². The largest absolute Gasteiger partial charge is 0.350 e. The van der Waals surface area contributed by atoms with E-state index in [2.05, 4.69) is 0 Å². The van der Waals surface area contributed by atoms with E-state index in [0.29, 0.717) is 19.4 Å². The molecule has 12 heavy (non-hydrogen) atoms.